The summed E-state index contributed by atoms with van der Waals surface area (Å²) in [4.78, 5) is 8.46. The second-order valence-electron chi connectivity index (χ2n) is 4.08. The summed E-state index contributed by atoms with van der Waals surface area (Å²) in [5.41, 5.74) is 6.58. The van der Waals surface area contributed by atoms with Gasteiger partial charge in [-0.25, -0.2) is 4.98 Å². The quantitative estimate of drug-likeness (QED) is 0.775. The first-order valence-corrected chi connectivity index (χ1v) is 6.07. The molecule has 4 nitrogen and oxygen atoms in total. The number of hydrogen-bond donors (Lipinski definition) is 2. The average Bonchev–Trinajstić information content (AvgIpc) is 2.34. The molecule has 0 fully saturated rings. The van der Waals surface area contributed by atoms with Crippen molar-refractivity contribution in [2.45, 2.75) is 26.2 Å². The average molecular weight is 230 g/mol. The number of aromatic nitrogens is 2. The molecule has 0 spiro atoms. The van der Waals surface area contributed by atoms with Crippen molar-refractivity contribution in [1.82, 2.24) is 9.97 Å². The maximum Gasteiger partial charge on any atom is 0.222 e. The van der Waals surface area contributed by atoms with Gasteiger partial charge in [0.1, 0.15) is 5.82 Å². The van der Waals surface area contributed by atoms with Crippen molar-refractivity contribution in [3.63, 3.8) is 0 Å². The van der Waals surface area contributed by atoms with Gasteiger partial charge in [0.2, 0.25) is 5.95 Å². The summed E-state index contributed by atoms with van der Waals surface area (Å²) < 4.78 is 0. The van der Waals surface area contributed by atoms with Crippen LogP contribution in [0.25, 0.3) is 10.9 Å². The normalized spacial score (nSPS) is 10.6. The number of hydrogen-bond acceptors (Lipinski definition) is 4. The summed E-state index contributed by atoms with van der Waals surface area (Å²) >= 11 is 0. The monoisotopic (exact) mass is 230 g/mol. The van der Waals surface area contributed by atoms with E-state index in [9.17, 15) is 0 Å². The van der Waals surface area contributed by atoms with Crippen molar-refractivity contribution in [1.29, 1.82) is 0 Å². The van der Waals surface area contributed by atoms with Crippen molar-refractivity contribution in [2.75, 3.05) is 17.6 Å². The highest BCUT2D eigenvalue weighted by molar-refractivity contribution is 5.89. The SMILES string of the molecule is CCCCCNc1nc(N)nc2ccccc12. The minimum atomic E-state index is 0.321. The van der Waals surface area contributed by atoms with E-state index in [4.69, 9.17) is 5.73 Å². The summed E-state index contributed by atoms with van der Waals surface area (Å²) in [5, 5.41) is 4.36. The Morgan fingerprint density at radius 3 is 2.82 bits per heavy atom. The van der Waals surface area contributed by atoms with Gasteiger partial charge >= 0.3 is 0 Å². The van der Waals surface area contributed by atoms with Gasteiger partial charge in [0.05, 0.1) is 5.52 Å². The zero-order valence-corrected chi connectivity index (χ0v) is 10.1. The Morgan fingerprint density at radius 1 is 1.18 bits per heavy atom. The Bertz CT molecular complexity index is 496. The van der Waals surface area contributed by atoms with E-state index in [1.54, 1.807) is 0 Å². The van der Waals surface area contributed by atoms with Gasteiger partial charge in [-0.1, -0.05) is 31.9 Å². The Hall–Kier alpha value is -1.84. The first-order chi connectivity index (χ1) is 8.31. The Labute approximate surface area is 101 Å². The van der Waals surface area contributed by atoms with Crippen LogP contribution in [0.1, 0.15) is 26.2 Å². The highest BCUT2D eigenvalue weighted by Gasteiger charge is 2.04. The zero-order chi connectivity index (χ0) is 12.1. The van der Waals surface area contributed by atoms with E-state index in [2.05, 4.69) is 22.2 Å². The fourth-order valence-electron chi connectivity index (χ4n) is 1.81. The molecular formula is C13H18N4. The minimum Gasteiger partial charge on any atom is -0.369 e. The first-order valence-electron chi connectivity index (χ1n) is 6.07. The van der Waals surface area contributed by atoms with Gasteiger partial charge < -0.3 is 11.1 Å². The molecule has 0 bridgehead atoms. The Balaban J connectivity index is 2.20. The summed E-state index contributed by atoms with van der Waals surface area (Å²) in [5.74, 6) is 1.16. The fraction of sp³-hybridized carbons (Fsp3) is 0.385. The molecule has 1 aromatic heterocycles. The van der Waals surface area contributed by atoms with E-state index in [1.807, 2.05) is 24.3 Å². The Kier molecular flexibility index (Phi) is 3.75. The summed E-state index contributed by atoms with van der Waals surface area (Å²) in [6.45, 7) is 3.12. The third kappa shape index (κ3) is 2.84. The topological polar surface area (TPSA) is 63.8 Å². The number of benzene rings is 1. The maximum atomic E-state index is 5.69. The largest absolute Gasteiger partial charge is 0.369 e. The van der Waals surface area contributed by atoms with E-state index in [0.29, 0.717) is 5.95 Å². The molecule has 0 saturated carbocycles. The third-order valence-electron chi connectivity index (χ3n) is 2.69. The van der Waals surface area contributed by atoms with Gasteiger partial charge in [-0.05, 0) is 18.6 Å². The molecule has 0 unspecified atom stereocenters. The van der Waals surface area contributed by atoms with Crippen LogP contribution in [0.15, 0.2) is 24.3 Å². The van der Waals surface area contributed by atoms with Crippen LogP contribution in [0.4, 0.5) is 11.8 Å². The van der Waals surface area contributed by atoms with E-state index in [-0.39, 0.29) is 0 Å². The van der Waals surface area contributed by atoms with Gasteiger partial charge in [-0.15, -0.1) is 0 Å². The van der Waals surface area contributed by atoms with Crippen molar-refractivity contribution < 1.29 is 0 Å². The minimum absolute atomic E-state index is 0.321. The lowest BCUT2D eigenvalue weighted by molar-refractivity contribution is 0.743. The molecule has 2 rings (SSSR count). The smallest absolute Gasteiger partial charge is 0.222 e. The molecule has 1 aromatic carbocycles. The summed E-state index contributed by atoms with van der Waals surface area (Å²) in [6.07, 6.45) is 3.59. The number of nitrogens with two attached hydrogens (primary N) is 1. The van der Waals surface area contributed by atoms with Crippen LogP contribution >= 0.6 is 0 Å². The molecule has 2 aromatic rings. The second kappa shape index (κ2) is 5.48. The molecule has 4 heteroatoms. The lowest BCUT2D eigenvalue weighted by atomic mass is 10.2. The standard InChI is InChI=1S/C13H18N4/c1-2-3-6-9-15-12-10-7-4-5-8-11(10)16-13(14)17-12/h4-5,7-8H,2-3,6,9H2,1H3,(H3,14,15,16,17). The predicted octanol–water partition coefficient (Wildman–Crippen LogP) is 2.81. The molecule has 0 aliphatic heterocycles. The number of nitrogen functional groups attached to an aromatic ring is 1. The van der Waals surface area contributed by atoms with Gasteiger partial charge in [-0.2, -0.15) is 4.98 Å². The highest BCUT2D eigenvalue weighted by atomic mass is 15.1. The molecular weight excluding hydrogens is 212 g/mol. The third-order valence-corrected chi connectivity index (χ3v) is 2.69. The Morgan fingerprint density at radius 2 is 2.00 bits per heavy atom. The number of anilines is 2. The summed E-state index contributed by atoms with van der Waals surface area (Å²) in [6, 6.07) is 7.90. The van der Waals surface area contributed by atoms with Crippen molar-refractivity contribution in [2.24, 2.45) is 0 Å². The van der Waals surface area contributed by atoms with Crippen LogP contribution in [-0.4, -0.2) is 16.5 Å². The van der Waals surface area contributed by atoms with Crippen molar-refractivity contribution >= 4 is 22.7 Å². The van der Waals surface area contributed by atoms with Crippen LogP contribution in [0.5, 0.6) is 0 Å². The van der Waals surface area contributed by atoms with Gasteiger partial charge in [0, 0.05) is 11.9 Å². The van der Waals surface area contributed by atoms with E-state index in [0.717, 1.165) is 29.7 Å². The number of nitrogens with one attached hydrogen (secondary N) is 1. The number of fused-ring (bicyclic) bond motifs is 1. The van der Waals surface area contributed by atoms with E-state index < -0.39 is 0 Å². The van der Waals surface area contributed by atoms with Crippen LogP contribution in [0.2, 0.25) is 0 Å². The highest BCUT2D eigenvalue weighted by Crippen LogP contribution is 2.20. The van der Waals surface area contributed by atoms with Gasteiger partial charge in [-0.3, -0.25) is 0 Å². The van der Waals surface area contributed by atoms with Crippen LogP contribution in [0.3, 0.4) is 0 Å². The van der Waals surface area contributed by atoms with Crippen LogP contribution < -0.4 is 11.1 Å². The molecule has 1 heterocycles. The van der Waals surface area contributed by atoms with Crippen molar-refractivity contribution in [3.05, 3.63) is 24.3 Å². The molecule has 0 saturated heterocycles. The number of para-hydroxylation sites is 1. The number of nitrogens with zero attached hydrogens (tertiary/aromatic N) is 2. The predicted molar refractivity (Wildman–Crippen MR) is 72.0 cm³/mol. The lowest BCUT2D eigenvalue weighted by Gasteiger charge is -2.08. The second-order valence-corrected chi connectivity index (χ2v) is 4.08. The molecule has 0 aliphatic rings. The van der Waals surface area contributed by atoms with E-state index >= 15 is 0 Å². The van der Waals surface area contributed by atoms with Gasteiger partial charge in [0.25, 0.3) is 0 Å². The van der Waals surface area contributed by atoms with Crippen molar-refractivity contribution in [3.8, 4) is 0 Å². The molecule has 0 atom stereocenters. The maximum absolute atomic E-state index is 5.69. The van der Waals surface area contributed by atoms with E-state index in [1.165, 1.54) is 12.8 Å². The molecule has 17 heavy (non-hydrogen) atoms. The molecule has 0 amide bonds. The first kappa shape index (κ1) is 11.6. The van der Waals surface area contributed by atoms with Crippen LogP contribution in [-0.2, 0) is 0 Å². The fourth-order valence-corrected chi connectivity index (χ4v) is 1.81. The summed E-state index contributed by atoms with van der Waals surface area (Å²) in [7, 11) is 0. The lowest BCUT2D eigenvalue weighted by Crippen LogP contribution is -2.06. The molecule has 90 valence electrons. The molecule has 0 radical (unpaired) electrons. The zero-order valence-electron chi connectivity index (χ0n) is 10.1. The molecule has 0 aliphatic carbocycles. The molecule has 3 N–H and O–H groups in total. The van der Waals surface area contributed by atoms with Gasteiger partial charge in [0.15, 0.2) is 0 Å². The number of unbranched alkanes of at least 4 members (excludes halogenated alkanes) is 2. The number of rotatable bonds is 5. The van der Waals surface area contributed by atoms with Crippen LogP contribution in [0, 0.1) is 0 Å².